The number of benzene rings is 1. The van der Waals surface area contributed by atoms with Crippen molar-refractivity contribution in [1.82, 2.24) is 0 Å². The van der Waals surface area contributed by atoms with Crippen LogP contribution in [0.15, 0.2) is 18.2 Å². The van der Waals surface area contributed by atoms with E-state index >= 15 is 0 Å². The number of halogens is 1. The van der Waals surface area contributed by atoms with Crippen molar-refractivity contribution in [3.8, 4) is 0 Å². The van der Waals surface area contributed by atoms with Gasteiger partial charge >= 0.3 is 0 Å². The smallest absolute Gasteiger partial charge is 0.126 e. The predicted octanol–water partition coefficient (Wildman–Crippen LogP) is 6.06. The van der Waals surface area contributed by atoms with Gasteiger partial charge in [-0.05, 0) is 53.9 Å². The number of hydrogen-bond acceptors (Lipinski definition) is 2. The molecular weight excluding hydrogens is 287 g/mol. The molecule has 1 aromatic rings. The standard InChI is InChI=1S/C17H25FS2/c1-3-5-7-14-8-9-15(10-16(14)18)17-19-11-13(6-4-2)12-20-17/h8-10,13,17H,3-7,11-12H2,1-2H3. The summed E-state index contributed by atoms with van der Waals surface area (Å²) in [6.07, 6.45) is 5.66. The topological polar surface area (TPSA) is 0 Å². The molecule has 0 radical (unpaired) electrons. The molecule has 1 saturated heterocycles. The molecule has 0 aliphatic carbocycles. The van der Waals surface area contributed by atoms with Gasteiger partial charge in [-0.25, -0.2) is 4.39 Å². The van der Waals surface area contributed by atoms with Crippen LogP contribution in [0.2, 0.25) is 0 Å². The van der Waals surface area contributed by atoms with Crippen molar-refractivity contribution >= 4 is 23.5 Å². The van der Waals surface area contributed by atoms with Crippen molar-refractivity contribution in [3.63, 3.8) is 0 Å². The number of aryl methyl sites for hydroxylation is 1. The van der Waals surface area contributed by atoms with E-state index < -0.39 is 0 Å². The van der Waals surface area contributed by atoms with Crippen LogP contribution in [0.4, 0.5) is 4.39 Å². The summed E-state index contributed by atoms with van der Waals surface area (Å²) in [6.45, 7) is 4.40. The van der Waals surface area contributed by atoms with E-state index in [4.69, 9.17) is 0 Å². The first-order chi connectivity index (χ1) is 9.74. The van der Waals surface area contributed by atoms with Gasteiger partial charge in [0.1, 0.15) is 5.82 Å². The third-order valence-electron chi connectivity index (χ3n) is 3.81. The van der Waals surface area contributed by atoms with Crippen molar-refractivity contribution in [2.75, 3.05) is 11.5 Å². The highest BCUT2D eigenvalue weighted by Crippen LogP contribution is 2.46. The molecule has 1 heterocycles. The van der Waals surface area contributed by atoms with Crippen LogP contribution in [0, 0.1) is 11.7 Å². The van der Waals surface area contributed by atoms with Crippen LogP contribution >= 0.6 is 23.5 Å². The Hall–Kier alpha value is -0.150. The van der Waals surface area contributed by atoms with E-state index in [1.807, 2.05) is 29.6 Å². The lowest BCUT2D eigenvalue weighted by molar-refractivity contribution is 0.590. The van der Waals surface area contributed by atoms with Crippen LogP contribution in [0.3, 0.4) is 0 Å². The molecule has 1 aromatic carbocycles. The van der Waals surface area contributed by atoms with Crippen LogP contribution in [-0.4, -0.2) is 11.5 Å². The molecule has 1 aliphatic heterocycles. The molecule has 0 unspecified atom stereocenters. The van der Waals surface area contributed by atoms with Crippen LogP contribution in [0.5, 0.6) is 0 Å². The Balaban J connectivity index is 1.95. The first-order valence-electron chi connectivity index (χ1n) is 7.76. The molecule has 0 amide bonds. The fourth-order valence-corrected chi connectivity index (χ4v) is 5.74. The maximum Gasteiger partial charge on any atom is 0.126 e. The molecule has 0 saturated carbocycles. The fourth-order valence-electron chi connectivity index (χ4n) is 2.59. The molecule has 112 valence electrons. The van der Waals surface area contributed by atoms with Crippen LogP contribution in [0.1, 0.15) is 55.2 Å². The van der Waals surface area contributed by atoms with Crippen LogP contribution in [0.25, 0.3) is 0 Å². The van der Waals surface area contributed by atoms with E-state index in [1.165, 1.54) is 24.3 Å². The molecule has 2 rings (SSSR count). The van der Waals surface area contributed by atoms with Crippen molar-refractivity contribution in [2.45, 2.75) is 50.5 Å². The first kappa shape index (κ1) is 16.2. The molecule has 0 nitrogen and oxygen atoms in total. The Kier molecular flexibility index (Phi) is 6.76. The Bertz CT molecular complexity index is 411. The van der Waals surface area contributed by atoms with E-state index in [0.29, 0.717) is 4.58 Å². The minimum atomic E-state index is -0.00664. The van der Waals surface area contributed by atoms with E-state index in [0.717, 1.165) is 36.3 Å². The monoisotopic (exact) mass is 312 g/mol. The van der Waals surface area contributed by atoms with Gasteiger partial charge in [-0.1, -0.05) is 38.8 Å². The largest absolute Gasteiger partial charge is 0.207 e. The summed E-state index contributed by atoms with van der Waals surface area (Å²) in [5.41, 5.74) is 2.04. The maximum atomic E-state index is 14.1. The van der Waals surface area contributed by atoms with Gasteiger partial charge in [0, 0.05) is 0 Å². The zero-order valence-corrected chi connectivity index (χ0v) is 14.2. The van der Waals surface area contributed by atoms with E-state index in [9.17, 15) is 4.39 Å². The highest BCUT2D eigenvalue weighted by Gasteiger charge is 2.23. The van der Waals surface area contributed by atoms with E-state index in [2.05, 4.69) is 19.9 Å². The van der Waals surface area contributed by atoms with Gasteiger partial charge in [0.15, 0.2) is 0 Å². The summed E-state index contributed by atoms with van der Waals surface area (Å²) in [4.78, 5) is 0. The Labute approximate surface area is 131 Å². The Morgan fingerprint density at radius 2 is 1.90 bits per heavy atom. The summed E-state index contributed by atoms with van der Waals surface area (Å²) in [5, 5.41) is 0. The van der Waals surface area contributed by atoms with Crippen molar-refractivity contribution in [2.24, 2.45) is 5.92 Å². The quantitative estimate of drug-likeness (QED) is 0.626. The van der Waals surface area contributed by atoms with Gasteiger partial charge in [-0.15, -0.1) is 23.5 Å². The molecule has 0 atom stereocenters. The minimum absolute atomic E-state index is 0.00664. The summed E-state index contributed by atoms with van der Waals surface area (Å²) in [6, 6.07) is 5.91. The lowest BCUT2D eigenvalue weighted by Crippen LogP contribution is -2.14. The van der Waals surface area contributed by atoms with Crippen molar-refractivity contribution < 1.29 is 4.39 Å². The Morgan fingerprint density at radius 3 is 2.50 bits per heavy atom. The molecule has 0 N–H and O–H groups in total. The summed E-state index contributed by atoms with van der Waals surface area (Å²) in [7, 11) is 0. The van der Waals surface area contributed by atoms with E-state index in [1.54, 1.807) is 6.07 Å². The van der Waals surface area contributed by atoms with Gasteiger partial charge in [0.25, 0.3) is 0 Å². The summed E-state index contributed by atoms with van der Waals surface area (Å²) >= 11 is 3.99. The normalized spacial score (nSPS) is 22.9. The highest BCUT2D eigenvalue weighted by atomic mass is 32.2. The molecular formula is C17H25FS2. The average molecular weight is 313 g/mol. The van der Waals surface area contributed by atoms with Gasteiger partial charge < -0.3 is 0 Å². The zero-order chi connectivity index (χ0) is 14.4. The molecule has 3 heteroatoms. The average Bonchev–Trinajstić information content (AvgIpc) is 2.47. The third-order valence-corrected chi connectivity index (χ3v) is 7.11. The molecule has 1 aliphatic rings. The van der Waals surface area contributed by atoms with Gasteiger partial charge in [-0.3, -0.25) is 0 Å². The van der Waals surface area contributed by atoms with Crippen LogP contribution < -0.4 is 0 Å². The SMILES string of the molecule is CCCCc1ccc(C2SCC(CCC)CS2)cc1F. The van der Waals surface area contributed by atoms with E-state index in [-0.39, 0.29) is 5.82 Å². The van der Waals surface area contributed by atoms with Gasteiger partial charge in [0.05, 0.1) is 4.58 Å². The van der Waals surface area contributed by atoms with Crippen LogP contribution in [-0.2, 0) is 6.42 Å². The second-order valence-corrected chi connectivity index (χ2v) is 8.18. The number of rotatable bonds is 6. The Morgan fingerprint density at radius 1 is 1.15 bits per heavy atom. The number of hydrogen-bond donors (Lipinski definition) is 0. The molecule has 0 spiro atoms. The van der Waals surface area contributed by atoms with Gasteiger partial charge in [-0.2, -0.15) is 0 Å². The van der Waals surface area contributed by atoms with Crippen molar-refractivity contribution in [3.05, 3.63) is 35.1 Å². The lowest BCUT2D eigenvalue weighted by Gasteiger charge is -2.28. The molecule has 0 bridgehead atoms. The number of unbranched alkanes of at least 4 members (excludes halogenated alkanes) is 1. The summed E-state index contributed by atoms with van der Waals surface area (Å²) < 4.78 is 14.5. The molecule has 20 heavy (non-hydrogen) atoms. The first-order valence-corrected chi connectivity index (χ1v) is 9.85. The van der Waals surface area contributed by atoms with Crippen molar-refractivity contribution in [1.29, 1.82) is 0 Å². The lowest BCUT2D eigenvalue weighted by atomic mass is 10.1. The van der Waals surface area contributed by atoms with Gasteiger partial charge in [0.2, 0.25) is 0 Å². The second kappa shape index (κ2) is 8.33. The molecule has 0 aromatic heterocycles. The third kappa shape index (κ3) is 4.42. The zero-order valence-electron chi connectivity index (χ0n) is 12.5. The second-order valence-electron chi connectivity index (χ2n) is 5.61. The fraction of sp³-hybridized carbons (Fsp3) is 0.647. The maximum absolute atomic E-state index is 14.1. The summed E-state index contributed by atoms with van der Waals surface area (Å²) in [5.74, 6) is 3.29. The molecule has 1 fully saturated rings. The predicted molar refractivity (Wildman–Crippen MR) is 91.1 cm³/mol. The number of thioether (sulfide) groups is 2. The highest BCUT2D eigenvalue weighted by molar-refractivity contribution is 8.16. The minimum Gasteiger partial charge on any atom is -0.207 e.